The standard InChI is InChI=1S/C12H20N2O3S2/c1-13-8-11-12(4-7-18-11)19(15,16)14-5-6-17-9-10-2-3-10/h4,7,10,13-14H,2-3,5-6,8-9H2,1H3. The van der Waals surface area contributed by atoms with Crippen LogP contribution in [-0.4, -0.2) is 35.2 Å². The molecule has 0 aromatic carbocycles. The van der Waals surface area contributed by atoms with E-state index in [0.717, 1.165) is 11.5 Å². The van der Waals surface area contributed by atoms with Crippen molar-refractivity contribution in [3.63, 3.8) is 0 Å². The van der Waals surface area contributed by atoms with Crippen molar-refractivity contribution in [3.05, 3.63) is 16.3 Å². The fourth-order valence-corrected chi connectivity index (χ4v) is 4.18. The Balaban J connectivity index is 1.80. The van der Waals surface area contributed by atoms with E-state index in [2.05, 4.69) is 10.0 Å². The zero-order valence-electron chi connectivity index (χ0n) is 11.0. The monoisotopic (exact) mass is 304 g/mol. The van der Waals surface area contributed by atoms with Crippen LogP contribution in [0.5, 0.6) is 0 Å². The topological polar surface area (TPSA) is 67.4 Å². The Labute approximate surface area is 118 Å². The molecule has 0 atom stereocenters. The van der Waals surface area contributed by atoms with Crippen LogP contribution < -0.4 is 10.0 Å². The predicted molar refractivity (Wildman–Crippen MR) is 75.8 cm³/mol. The lowest BCUT2D eigenvalue weighted by Gasteiger charge is -2.08. The minimum absolute atomic E-state index is 0.323. The van der Waals surface area contributed by atoms with E-state index in [1.54, 1.807) is 18.5 Å². The molecular weight excluding hydrogens is 284 g/mol. The highest BCUT2D eigenvalue weighted by atomic mass is 32.2. The van der Waals surface area contributed by atoms with Crippen LogP contribution in [0.15, 0.2) is 16.3 Å². The van der Waals surface area contributed by atoms with Crippen LogP contribution in [0.25, 0.3) is 0 Å². The second-order valence-electron chi connectivity index (χ2n) is 4.65. The van der Waals surface area contributed by atoms with Crippen molar-refractivity contribution in [2.24, 2.45) is 5.92 Å². The zero-order chi connectivity index (χ0) is 13.7. The van der Waals surface area contributed by atoms with Gasteiger partial charge in [-0.1, -0.05) is 0 Å². The summed E-state index contributed by atoms with van der Waals surface area (Å²) in [5.74, 6) is 0.704. The Hall–Kier alpha value is -0.470. The highest BCUT2D eigenvalue weighted by Gasteiger charge is 2.21. The van der Waals surface area contributed by atoms with Crippen molar-refractivity contribution in [1.82, 2.24) is 10.0 Å². The largest absolute Gasteiger partial charge is 0.380 e. The quantitative estimate of drug-likeness (QED) is 0.672. The SMILES string of the molecule is CNCc1sccc1S(=O)(=O)NCCOCC1CC1. The molecule has 0 amide bonds. The van der Waals surface area contributed by atoms with Gasteiger partial charge in [0.25, 0.3) is 0 Å². The molecule has 0 radical (unpaired) electrons. The van der Waals surface area contributed by atoms with Crippen LogP contribution in [0, 0.1) is 5.92 Å². The molecule has 7 heteroatoms. The van der Waals surface area contributed by atoms with Crippen molar-refractivity contribution >= 4 is 21.4 Å². The molecule has 1 heterocycles. The van der Waals surface area contributed by atoms with Gasteiger partial charge in [0, 0.05) is 24.6 Å². The van der Waals surface area contributed by atoms with E-state index >= 15 is 0 Å². The molecule has 108 valence electrons. The Kier molecular flexibility index (Phi) is 5.35. The Bertz CT molecular complexity index is 495. The van der Waals surface area contributed by atoms with Crippen LogP contribution in [-0.2, 0) is 21.3 Å². The van der Waals surface area contributed by atoms with Crippen molar-refractivity contribution in [1.29, 1.82) is 0 Å². The number of ether oxygens (including phenoxy) is 1. The summed E-state index contributed by atoms with van der Waals surface area (Å²) in [7, 11) is -1.61. The van der Waals surface area contributed by atoms with Gasteiger partial charge < -0.3 is 10.1 Å². The molecule has 2 rings (SSSR count). The number of hydrogen-bond donors (Lipinski definition) is 2. The molecular formula is C12H20N2O3S2. The van der Waals surface area contributed by atoms with Gasteiger partial charge >= 0.3 is 0 Å². The van der Waals surface area contributed by atoms with Gasteiger partial charge in [-0.05, 0) is 37.3 Å². The fraction of sp³-hybridized carbons (Fsp3) is 0.667. The second-order valence-corrected chi connectivity index (χ2v) is 7.39. The summed E-state index contributed by atoms with van der Waals surface area (Å²) in [6, 6.07) is 1.64. The molecule has 5 nitrogen and oxygen atoms in total. The van der Waals surface area contributed by atoms with E-state index in [0.29, 0.717) is 30.5 Å². The smallest absolute Gasteiger partial charge is 0.241 e. The molecule has 1 aliphatic rings. The molecule has 0 spiro atoms. The van der Waals surface area contributed by atoms with Crippen molar-refractivity contribution in [2.75, 3.05) is 26.8 Å². The van der Waals surface area contributed by atoms with Gasteiger partial charge in [0.2, 0.25) is 10.0 Å². The van der Waals surface area contributed by atoms with E-state index < -0.39 is 10.0 Å². The molecule has 1 fully saturated rings. The number of thiophene rings is 1. The first-order valence-corrected chi connectivity index (χ1v) is 8.78. The summed E-state index contributed by atoms with van der Waals surface area (Å²) in [4.78, 5) is 1.20. The number of nitrogens with one attached hydrogen (secondary N) is 2. The van der Waals surface area contributed by atoms with Gasteiger partial charge in [0.15, 0.2) is 0 Å². The summed E-state index contributed by atoms with van der Waals surface area (Å²) >= 11 is 1.44. The normalized spacial score (nSPS) is 15.8. The molecule has 0 aliphatic heterocycles. The lowest BCUT2D eigenvalue weighted by atomic mass is 10.5. The zero-order valence-corrected chi connectivity index (χ0v) is 12.6. The van der Waals surface area contributed by atoms with Crippen molar-refractivity contribution < 1.29 is 13.2 Å². The maximum absolute atomic E-state index is 12.1. The van der Waals surface area contributed by atoms with Crippen LogP contribution in [0.4, 0.5) is 0 Å². The maximum Gasteiger partial charge on any atom is 0.241 e. The van der Waals surface area contributed by atoms with Gasteiger partial charge in [-0.3, -0.25) is 0 Å². The lowest BCUT2D eigenvalue weighted by Crippen LogP contribution is -2.28. The Morgan fingerprint density at radius 2 is 2.26 bits per heavy atom. The van der Waals surface area contributed by atoms with Crippen LogP contribution in [0.3, 0.4) is 0 Å². The van der Waals surface area contributed by atoms with Crippen LogP contribution >= 0.6 is 11.3 Å². The minimum Gasteiger partial charge on any atom is -0.380 e. The maximum atomic E-state index is 12.1. The van der Waals surface area contributed by atoms with E-state index in [-0.39, 0.29) is 0 Å². The van der Waals surface area contributed by atoms with Gasteiger partial charge in [-0.15, -0.1) is 11.3 Å². The third-order valence-electron chi connectivity index (χ3n) is 2.92. The molecule has 2 N–H and O–H groups in total. The van der Waals surface area contributed by atoms with E-state index in [1.165, 1.54) is 24.2 Å². The summed E-state index contributed by atoms with van der Waals surface area (Å²) in [6.07, 6.45) is 2.49. The molecule has 1 aromatic heterocycles. The van der Waals surface area contributed by atoms with Gasteiger partial charge in [0.1, 0.15) is 0 Å². The third kappa shape index (κ3) is 4.54. The molecule has 0 unspecified atom stereocenters. The number of hydrogen-bond acceptors (Lipinski definition) is 5. The van der Waals surface area contributed by atoms with E-state index in [9.17, 15) is 8.42 Å². The Morgan fingerprint density at radius 3 is 2.95 bits per heavy atom. The Morgan fingerprint density at radius 1 is 1.47 bits per heavy atom. The van der Waals surface area contributed by atoms with E-state index in [4.69, 9.17) is 4.74 Å². The first-order chi connectivity index (χ1) is 9.13. The van der Waals surface area contributed by atoms with Crippen LogP contribution in [0.1, 0.15) is 17.7 Å². The van der Waals surface area contributed by atoms with Gasteiger partial charge in [0.05, 0.1) is 11.5 Å². The van der Waals surface area contributed by atoms with Gasteiger partial charge in [-0.25, -0.2) is 13.1 Å². The summed E-state index contributed by atoms with van der Waals surface area (Å²) in [5, 5.41) is 4.77. The molecule has 1 aliphatic carbocycles. The average molecular weight is 304 g/mol. The van der Waals surface area contributed by atoms with E-state index in [1.807, 2.05) is 0 Å². The molecule has 1 aromatic rings. The molecule has 0 saturated heterocycles. The highest BCUT2D eigenvalue weighted by Crippen LogP contribution is 2.28. The first kappa shape index (κ1) is 14.9. The number of sulfonamides is 1. The summed E-state index contributed by atoms with van der Waals surface area (Å²) in [6.45, 7) is 2.07. The average Bonchev–Trinajstić information content (AvgIpc) is 3.06. The second kappa shape index (κ2) is 6.81. The number of rotatable bonds is 9. The van der Waals surface area contributed by atoms with Crippen molar-refractivity contribution in [2.45, 2.75) is 24.3 Å². The molecule has 19 heavy (non-hydrogen) atoms. The highest BCUT2D eigenvalue weighted by molar-refractivity contribution is 7.89. The first-order valence-electron chi connectivity index (χ1n) is 6.42. The van der Waals surface area contributed by atoms with Crippen LogP contribution in [0.2, 0.25) is 0 Å². The predicted octanol–water partition coefficient (Wildman–Crippen LogP) is 1.17. The third-order valence-corrected chi connectivity index (χ3v) is 5.52. The molecule has 0 bridgehead atoms. The minimum atomic E-state index is -3.41. The molecule has 1 saturated carbocycles. The summed E-state index contributed by atoms with van der Waals surface area (Å²) in [5.41, 5.74) is 0. The fourth-order valence-electron chi connectivity index (χ4n) is 1.72. The van der Waals surface area contributed by atoms with Gasteiger partial charge in [-0.2, -0.15) is 0 Å². The summed E-state index contributed by atoms with van der Waals surface area (Å²) < 4.78 is 32.2. The lowest BCUT2D eigenvalue weighted by molar-refractivity contribution is 0.129. The van der Waals surface area contributed by atoms with Crippen molar-refractivity contribution in [3.8, 4) is 0 Å².